The molecular formula is C44H40F2N10S2. The van der Waals surface area contributed by atoms with Crippen LogP contribution in [0.3, 0.4) is 0 Å². The molecule has 14 heteroatoms. The standard InChI is InChI=1S/2C22H20FN5S/c2*1-15(2)28-19-7-4-3-6-18(19)21(16-9-11-17(23)12-10-16)20(28)8-5-13-25-27-14-24-26-22(27)29/h2*3-15H,1-2H3,(H,26,29)/b2*8-5+,25-13+. The van der Waals surface area contributed by atoms with Crippen LogP contribution in [0.15, 0.2) is 132 Å². The predicted molar refractivity (Wildman–Crippen MR) is 236 cm³/mol. The van der Waals surface area contributed by atoms with E-state index in [4.69, 9.17) is 24.4 Å². The first kappa shape index (κ1) is 39.6. The van der Waals surface area contributed by atoms with Crippen LogP contribution in [0.25, 0.3) is 56.2 Å². The van der Waals surface area contributed by atoms with Crippen LogP contribution in [0.5, 0.6) is 0 Å². The van der Waals surface area contributed by atoms with Gasteiger partial charge in [-0.1, -0.05) is 60.7 Å². The van der Waals surface area contributed by atoms with E-state index in [1.165, 1.54) is 46.3 Å². The van der Waals surface area contributed by atoms with Crippen molar-refractivity contribution in [1.29, 1.82) is 0 Å². The van der Waals surface area contributed by atoms with E-state index in [1.807, 2.05) is 72.8 Å². The zero-order chi connectivity index (χ0) is 40.8. The van der Waals surface area contributed by atoms with Gasteiger partial charge in [0, 0.05) is 68.8 Å². The van der Waals surface area contributed by atoms with E-state index in [-0.39, 0.29) is 23.7 Å². The lowest BCUT2D eigenvalue weighted by Crippen LogP contribution is -2.03. The fourth-order valence-corrected chi connectivity index (χ4v) is 7.28. The molecule has 0 fully saturated rings. The lowest BCUT2D eigenvalue weighted by Gasteiger charge is -2.13. The lowest BCUT2D eigenvalue weighted by molar-refractivity contribution is 0.618. The summed E-state index contributed by atoms with van der Waals surface area (Å²) in [6.45, 7) is 8.60. The fraction of sp³-hybridized carbons (Fsp3) is 0.136. The number of aromatic amines is 2. The molecule has 0 amide bonds. The van der Waals surface area contributed by atoms with Gasteiger partial charge in [-0.15, -0.1) is 0 Å². The molecule has 4 aromatic heterocycles. The molecule has 0 bridgehead atoms. The molecule has 292 valence electrons. The van der Waals surface area contributed by atoms with Crippen LogP contribution in [0, 0.1) is 21.2 Å². The van der Waals surface area contributed by atoms with Gasteiger partial charge < -0.3 is 9.13 Å². The Bertz CT molecular complexity index is 2720. The first-order valence-corrected chi connectivity index (χ1v) is 19.4. The van der Waals surface area contributed by atoms with Crippen molar-refractivity contribution in [2.75, 3.05) is 0 Å². The molecule has 0 aliphatic heterocycles. The number of nitrogens with zero attached hydrogens (tertiary/aromatic N) is 8. The summed E-state index contributed by atoms with van der Waals surface area (Å²) in [7, 11) is 0. The van der Waals surface area contributed by atoms with Crippen molar-refractivity contribution in [1.82, 2.24) is 38.9 Å². The molecular weight excluding hydrogens is 771 g/mol. The minimum atomic E-state index is -0.248. The van der Waals surface area contributed by atoms with Crippen LogP contribution in [0.2, 0.25) is 0 Å². The Labute approximate surface area is 343 Å². The van der Waals surface area contributed by atoms with Gasteiger partial charge in [-0.05, 0) is 124 Å². The predicted octanol–water partition coefficient (Wildman–Crippen LogP) is 11.7. The highest BCUT2D eigenvalue weighted by atomic mass is 32.1. The summed E-state index contributed by atoms with van der Waals surface area (Å²) < 4.78 is 35.4. The Morgan fingerprint density at radius 1 is 0.569 bits per heavy atom. The summed E-state index contributed by atoms with van der Waals surface area (Å²) in [6, 6.07) is 30.3. The monoisotopic (exact) mass is 810 g/mol. The number of fused-ring (bicyclic) bond motifs is 2. The van der Waals surface area contributed by atoms with Gasteiger partial charge in [0.05, 0.1) is 0 Å². The second-order valence-electron chi connectivity index (χ2n) is 13.8. The van der Waals surface area contributed by atoms with Crippen LogP contribution in [0.4, 0.5) is 8.78 Å². The summed E-state index contributed by atoms with van der Waals surface area (Å²) >= 11 is 10.2. The van der Waals surface area contributed by atoms with Gasteiger partial charge in [0.2, 0.25) is 9.54 Å². The van der Waals surface area contributed by atoms with Crippen LogP contribution in [-0.4, -0.2) is 51.3 Å². The summed E-state index contributed by atoms with van der Waals surface area (Å²) in [5, 5.41) is 23.8. The first-order chi connectivity index (χ1) is 28.1. The number of benzene rings is 4. The van der Waals surface area contributed by atoms with E-state index in [0.717, 1.165) is 55.4 Å². The quantitative estimate of drug-likeness (QED) is 0.106. The zero-order valence-electron chi connectivity index (χ0n) is 32.2. The van der Waals surface area contributed by atoms with Gasteiger partial charge in [0.15, 0.2) is 0 Å². The average Bonchev–Trinajstić information content (AvgIpc) is 3.99. The lowest BCUT2D eigenvalue weighted by atomic mass is 10.0. The fourth-order valence-electron chi connectivity index (χ4n) is 6.98. The number of nitrogens with one attached hydrogen (secondary N) is 2. The van der Waals surface area contributed by atoms with Crippen molar-refractivity contribution in [2.24, 2.45) is 10.2 Å². The van der Waals surface area contributed by atoms with E-state index in [2.05, 4.69) is 91.7 Å². The van der Waals surface area contributed by atoms with Gasteiger partial charge >= 0.3 is 0 Å². The molecule has 0 saturated carbocycles. The maximum Gasteiger partial charge on any atom is 0.216 e. The minimum absolute atomic E-state index is 0.244. The Morgan fingerprint density at radius 2 is 0.948 bits per heavy atom. The Morgan fingerprint density at radius 3 is 1.29 bits per heavy atom. The first-order valence-electron chi connectivity index (χ1n) is 18.6. The van der Waals surface area contributed by atoms with E-state index in [1.54, 1.807) is 12.4 Å². The Balaban J connectivity index is 0.000000177. The zero-order valence-corrected chi connectivity index (χ0v) is 33.8. The molecule has 0 radical (unpaired) electrons. The Kier molecular flexibility index (Phi) is 12.1. The molecule has 0 saturated heterocycles. The molecule has 8 rings (SSSR count). The third-order valence-electron chi connectivity index (χ3n) is 9.33. The normalized spacial score (nSPS) is 12.1. The number of hydrogen-bond donors (Lipinski definition) is 2. The largest absolute Gasteiger partial charge is 0.338 e. The summed E-state index contributed by atoms with van der Waals surface area (Å²) in [4.78, 5) is 0. The maximum absolute atomic E-state index is 13.5. The highest BCUT2D eigenvalue weighted by Gasteiger charge is 2.19. The van der Waals surface area contributed by atoms with Crippen molar-refractivity contribution in [3.8, 4) is 22.3 Å². The molecule has 10 nitrogen and oxygen atoms in total. The van der Waals surface area contributed by atoms with Crippen molar-refractivity contribution in [3.05, 3.63) is 154 Å². The highest BCUT2D eigenvalue weighted by molar-refractivity contribution is 7.71. The molecule has 2 N–H and O–H groups in total. The van der Waals surface area contributed by atoms with E-state index < -0.39 is 0 Å². The maximum atomic E-state index is 13.5. The highest BCUT2D eigenvalue weighted by Crippen LogP contribution is 2.39. The van der Waals surface area contributed by atoms with Crippen LogP contribution in [0.1, 0.15) is 51.2 Å². The number of aromatic nitrogens is 8. The van der Waals surface area contributed by atoms with Gasteiger partial charge in [0.25, 0.3) is 0 Å². The second kappa shape index (κ2) is 17.7. The van der Waals surface area contributed by atoms with E-state index in [9.17, 15) is 8.78 Å². The molecule has 0 atom stereocenters. The second-order valence-corrected chi connectivity index (χ2v) is 14.5. The molecule has 4 aromatic carbocycles. The van der Waals surface area contributed by atoms with Crippen molar-refractivity contribution < 1.29 is 8.78 Å². The number of allylic oxidation sites excluding steroid dienone is 2. The molecule has 0 aliphatic rings. The van der Waals surface area contributed by atoms with Crippen molar-refractivity contribution in [3.63, 3.8) is 0 Å². The van der Waals surface area contributed by atoms with E-state index >= 15 is 0 Å². The molecule has 0 aliphatic carbocycles. The Hall–Kier alpha value is -6.64. The van der Waals surface area contributed by atoms with Crippen LogP contribution >= 0.6 is 24.4 Å². The number of halogens is 2. The number of para-hydroxylation sites is 2. The van der Waals surface area contributed by atoms with Crippen LogP contribution < -0.4 is 0 Å². The SMILES string of the molecule is CC(C)n1c(/C=C/C=N/n2cn[nH]c2=S)c(-c2ccc(F)cc2)c2ccccc21.CC(C)n1c(/C=C/C=N/n2cn[nH]c2=S)c(-c2ccc(F)cc2)c2ccccc21. The smallest absolute Gasteiger partial charge is 0.216 e. The molecule has 0 spiro atoms. The van der Waals surface area contributed by atoms with Gasteiger partial charge in [-0.3, -0.25) is 10.2 Å². The molecule has 8 aromatic rings. The molecule has 0 unspecified atom stereocenters. The van der Waals surface area contributed by atoms with Crippen molar-refractivity contribution >= 4 is 70.8 Å². The van der Waals surface area contributed by atoms with Crippen LogP contribution in [-0.2, 0) is 0 Å². The van der Waals surface area contributed by atoms with Gasteiger partial charge in [-0.25, -0.2) is 8.78 Å². The number of rotatable bonds is 10. The third-order valence-corrected chi connectivity index (χ3v) is 9.89. The summed E-state index contributed by atoms with van der Waals surface area (Å²) in [6.07, 6.45) is 14.1. The third kappa shape index (κ3) is 8.38. The summed E-state index contributed by atoms with van der Waals surface area (Å²) in [5.41, 5.74) is 8.42. The van der Waals surface area contributed by atoms with Crippen molar-refractivity contribution in [2.45, 2.75) is 39.8 Å². The summed E-state index contributed by atoms with van der Waals surface area (Å²) in [5.74, 6) is -0.496. The van der Waals surface area contributed by atoms with E-state index in [0.29, 0.717) is 9.54 Å². The molecule has 58 heavy (non-hydrogen) atoms. The molecule has 4 heterocycles. The van der Waals surface area contributed by atoms with Gasteiger partial charge in [-0.2, -0.15) is 29.8 Å². The topological polar surface area (TPSA) is 102 Å². The average molecular weight is 811 g/mol. The number of hydrogen-bond acceptors (Lipinski definition) is 6. The number of H-pyrrole nitrogens is 2. The van der Waals surface area contributed by atoms with Gasteiger partial charge in [0.1, 0.15) is 24.3 Å². The minimum Gasteiger partial charge on any atom is -0.338 e.